The van der Waals surface area contributed by atoms with Gasteiger partial charge < -0.3 is 9.47 Å². The monoisotopic (exact) mass is 570 g/mol. The molecule has 2 unspecified atom stereocenters. The molecule has 3 aromatic rings. The van der Waals surface area contributed by atoms with E-state index in [0.29, 0.717) is 36.7 Å². The summed E-state index contributed by atoms with van der Waals surface area (Å²) in [4.78, 5) is 0. The van der Waals surface area contributed by atoms with Crippen molar-refractivity contribution in [2.24, 2.45) is 5.92 Å². The van der Waals surface area contributed by atoms with E-state index in [-0.39, 0.29) is 22.4 Å². The zero-order chi connectivity index (χ0) is 29.2. The zero-order valence-corrected chi connectivity index (χ0v) is 24.3. The fraction of sp³-hybridized carbons (Fsp3) is 0.486. The van der Waals surface area contributed by atoms with E-state index < -0.39 is 29.4 Å². The van der Waals surface area contributed by atoms with Gasteiger partial charge in [-0.05, 0) is 54.9 Å². The van der Waals surface area contributed by atoms with Crippen LogP contribution in [0.25, 0.3) is 22.3 Å². The van der Waals surface area contributed by atoms with Crippen LogP contribution in [-0.4, -0.2) is 13.2 Å². The van der Waals surface area contributed by atoms with Gasteiger partial charge in [0.15, 0.2) is 23.2 Å². The molecule has 1 heterocycles. The summed E-state index contributed by atoms with van der Waals surface area (Å²) in [6, 6.07) is 12.4. The fourth-order valence-electron chi connectivity index (χ4n) is 5.58. The topological polar surface area (TPSA) is 18.5 Å². The highest BCUT2D eigenvalue weighted by molar-refractivity contribution is 5.71. The van der Waals surface area contributed by atoms with Gasteiger partial charge >= 0.3 is 0 Å². The molecule has 0 aliphatic carbocycles. The van der Waals surface area contributed by atoms with Crippen LogP contribution in [0.4, 0.5) is 17.6 Å². The Hall–Kier alpha value is -2.86. The van der Waals surface area contributed by atoms with Crippen molar-refractivity contribution in [2.45, 2.75) is 90.6 Å². The summed E-state index contributed by atoms with van der Waals surface area (Å²) in [7, 11) is 0. The van der Waals surface area contributed by atoms with Gasteiger partial charge in [-0.3, -0.25) is 0 Å². The minimum absolute atomic E-state index is 0.0747. The van der Waals surface area contributed by atoms with E-state index in [1.54, 1.807) is 36.4 Å². The second kappa shape index (κ2) is 15.4. The molecule has 0 aromatic heterocycles. The van der Waals surface area contributed by atoms with E-state index in [1.807, 2.05) is 0 Å². The van der Waals surface area contributed by atoms with Gasteiger partial charge in [-0.25, -0.2) is 13.2 Å². The molecule has 4 rings (SSSR count). The molecule has 0 N–H and O–H groups in total. The third-order valence-corrected chi connectivity index (χ3v) is 8.10. The first-order chi connectivity index (χ1) is 19.9. The lowest BCUT2D eigenvalue weighted by Crippen LogP contribution is -2.21. The summed E-state index contributed by atoms with van der Waals surface area (Å²) in [6.45, 7) is 5.16. The van der Waals surface area contributed by atoms with Crippen LogP contribution in [0.5, 0.6) is 5.75 Å². The number of hydrogen-bond acceptors (Lipinski definition) is 2. The quantitative estimate of drug-likeness (QED) is 0.142. The second-order valence-corrected chi connectivity index (χ2v) is 11.2. The van der Waals surface area contributed by atoms with E-state index in [2.05, 4.69) is 13.8 Å². The first-order valence-corrected chi connectivity index (χ1v) is 15.3. The number of unbranched alkanes of at least 4 members (excludes halogenated alkanes) is 6. The van der Waals surface area contributed by atoms with Crippen LogP contribution in [-0.2, 0) is 4.74 Å². The molecule has 222 valence electrons. The second-order valence-electron chi connectivity index (χ2n) is 11.2. The molecule has 1 aliphatic rings. The third kappa shape index (κ3) is 7.91. The summed E-state index contributed by atoms with van der Waals surface area (Å²) >= 11 is 0. The van der Waals surface area contributed by atoms with Crippen LogP contribution in [0.3, 0.4) is 0 Å². The minimum Gasteiger partial charge on any atom is -0.490 e. The highest BCUT2D eigenvalue weighted by atomic mass is 19.2. The third-order valence-electron chi connectivity index (χ3n) is 8.10. The first kappa shape index (κ1) is 31.1. The normalized spacial score (nSPS) is 17.1. The minimum atomic E-state index is -1.03. The summed E-state index contributed by atoms with van der Waals surface area (Å²) in [6.07, 6.45) is 11.2. The molecule has 6 heteroatoms. The first-order valence-electron chi connectivity index (χ1n) is 15.3. The maximum absolute atomic E-state index is 15.2. The number of rotatable bonds is 14. The van der Waals surface area contributed by atoms with Gasteiger partial charge in [-0.1, -0.05) is 95.2 Å². The van der Waals surface area contributed by atoms with Crippen molar-refractivity contribution in [1.82, 2.24) is 0 Å². The average molecular weight is 571 g/mol. The Morgan fingerprint density at radius 1 is 0.659 bits per heavy atom. The summed E-state index contributed by atoms with van der Waals surface area (Å²) in [5.41, 5.74) is 1.31. The molecular weight excluding hydrogens is 528 g/mol. The predicted octanol–water partition coefficient (Wildman–Crippen LogP) is 11.0. The SMILES string of the molecule is CCCCCCCC1CCC(c2ccc(-c3ccc(-c4ccc(OCCCCC)c(F)c4F)cc3)c(F)c2F)OC1. The van der Waals surface area contributed by atoms with E-state index in [1.165, 1.54) is 44.2 Å². The van der Waals surface area contributed by atoms with E-state index >= 15 is 8.78 Å². The highest BCUT2D eigenvalue weighted by Gasteiger charge is 2.27. The summed E-state index contributed by atoms with van der Waals surface area (Å²) in [5.74, 6) is -3.49. The van der Waals surface area contributed by atoms with Crippen molar-refractivity contribution in [3.63, 3.8) is 0 Å². The van der Waals surface area contributed by atoms with Crippen LogP contribution in [0.15, 0.2) is 48.5 Å². The molecule has 0 spiro atoms. The average Bonchev–Trinajstić information content (AvgIpc) is 2.99. The smallest absolute Gasteiger partial charge is 0.201 e. The molecule has 0 amide bonds. The molecule has 41 heavy (non-hydrogen) atoms. The molecule has 1 aliphatic heterocycles. The Balaban J connectivity index is 1.40. The zero-order valence-electron chi connectivity index (χ0n) is 24.3. The van der Waals surface area contributed by atoms with Crippen molar-refractivity contribution < 1.29 is 27.0 Å². The van der Waals surface area contributed by atoms with Crippen LogP contribution in [0, 0.1) is 29.2 Å². The van der Waals surface area contributed by atoms with Crippen LogP contribution in [0.2, 0.25) is 0 Å². The summed E-state index contributed by atoms with van der Waals surface area (Å²) < 4.78 is 71.3. The molecular formula is C35H42F4O2. The molecule has 0 bridgehead atoms. The van der Waals surface area contributed by atoms with Crippen molar-refractivity contribution in [2.75, 3.05) is 13.2 Å². The van der Waals surface area contributed by atoms with Crippen LogP contribution in [0.1, 0.15) is 96.1 Å². The molecule has 1 fully saturated rings. The standard InChI is InChI=1S/C35H42F4O2/c1-3-5-7-8-9-11-24-12-20-30(41-23-24)29-18-17-27(32(36)34(29)38)25-13-15-26(16-14-25)28-19-21-31(35(39)33(28)37)40-22-10-6-4-2/h13-19,21,24,30H,3-12,20,22-23H2,1-2H3. The highest BCUT2D eigenvalue weighted by Crippen LogP contribution is 2.37. The number of halogens is 4. The Bertz CT molecular complexity index is 1250. The van der Waals surface area contributed by atoms with Crippen molar-refractivity contribution in [1.29, 1.82) is 0 Å². The lowest BCUT2D eigenvalue weighted by Gasteiger charge is -2.30. The maximum atomic E-state index is 15.2. The van der Waals surface area contributed by atoms with Gasteiger partial charge in [0.25, 0.3) is 0 Å². The number of hydrogen-bond donors (Lipinski definition) is 0. The van der Waals surface area contributed by atoms with E-state index in [9.17, 15) is 8.78 Å². The largest absolute Gasteiger partial charge is 0.490 e. The van der Waals surface area contributed by atoms with Gasteiger partial charge in [0.05, 0.1) is 19.3 Å². The number of ether oxygens (including phenoxy) is 2. The molecule has 2 nitrogen and oxygen atoms in total. The van der Waals surface area contributed by atoms with E-state index in [0.717, 1.165) is 32.1 Å². The van der Waals surface area contributed by atoms with Gasteiger partial charge in [0.1, 0.15) is 0 Å². The molecule has 1 saturated heterocycles. The Kier molecular flexibility index (Phi) is 11.7. The molecule has 0 radical (unpaired) electrons. The Labute approximate surface area is 242 Å². The maximum Gasteiger partial charge on any atom is 0.201 e. The van der Waals surface area contributed by atoms with Crippen LogP contribution < -0.4 is 4.74 Å². The lowest BCUT2D eigenvalue weighted by molar-refractivity contribution is -0.0218. The van der Waals surface area contributed by atoms with Gasteiger partial charge in [-0.2, -0.15) is 4.39 Å². The Morgan fingerprint density at radius 2 is 1.27 bits per heavy atom. The van der Waals surface area contributed by atoms with Gasteiger partial charge in [0.2, 0.25) is 5.82 Å². The van der Waals surface area contributed by atoms with Gasteiger partial charge in [-0.15, -0.1) is 0 Å². The predicted molar refractivity (Wildman–Crippen MR) is 157 cm³/mol. The van der Waals surface area contributed by atoms with Crippen molar-refractivity contribution in [3.8, 4) is 28.0 Å². The molecule has 2 atom stereocenters. The van der Waals surface area contributed by atoms with E-state index in [4.69, 9.17) is 9.47 Å². The summed E-state index contributed by atoms with van der Waals surface area (Å²) in [5, 5.41) is 0. The lowest BCUT2D eigenvalue weighted by atomic mass is 9.90. The Morgan fingerprint density at radius 3 is 1.90 bits per heavy atom. The molecule has 0 saturated carbocycles. The fourth-order valence-corrected chi connectivity index (χ4v) is 5.58. The van der Waals surface area contributed by atoms with Crippen LogP contribution >= 0.6 is 0 Å². The molecule has 3 aromatic carbocycles. The van der Waals surface area contributed by atoms with Crippen molar-refractivity contribution >= 4 is 0 Å². The van der Waals surface area contributed by atoms with Gasteiger partial charge in [0, 0.05) is 16.7 Å². The number of benzene rings is 3. The van der Waals surface area contributed by atoms with Crippen molar-refractivity contribution in [3.05, 3.63) is 77.4 Å².